The summed E-state index contributed by atoms with van der Waals surface area (Å²) in [5.41, 5.74) is 0.942. The van der Waals surface area contributed by atoms with Gasteiger partial charge in [-0.15, -0.1) is 10.2 Å². The zero-order valence-corrected chi connectivity index (χ0v) is 13.8. The summed E-state index contributed by atoms with van der Waals surface area (Å²) in [7, 11) is 0. The fourth-order valence-corrected chi connectivity index (χ4v) is 2.65. The zero-order chi connectivity index (χ0) is 14.5. The molecule has 2 rings (SSSR count). The number of nitrogens with one attached hydrogen (secondary N) is 2. The van der Waals surface area contributed by atoms with Gasteiger partial charge < -0.3 is 10.6 Å². The summed E-state index contributed by atoms with van der Waals surface area (Å²) in [6.07, 6.45) is 0. The van der Waals surface area contributed by atoms with Crippen molar-refractivity contribution in [3.8, 4) is 0 Å². The highest BCUT2D eigenvalue weighted by Crippen LogP contribution is 2.26. The minimum Gasteiger partial charge on any atom is -0.369 e. The number of rotatable bonds is 4. The van der Waals surface area contributed by atoms with Gasteiger partial charge in [-0.1, -0.05) is 15.9 Å². The van der Waals surface area contributed by atoms with E-state index in [4.69, 9.17) is 0 Å². The average molecular weight is 400 g/mol. The first kappa shape index (κ1) is 14.9. The van der Waals surface area contributed by atoms with Crippen LogP contribution in [0.2, 0.25) is 0 Å². The summed E-state index contributed by atoms with van der Waals surface area (Å²) in [5.74, 6) is 0.345. The Hall–Kier alpha value is -1.47. The Morgan fingerprint density at radius 2 is 2.00 bits per heavy atom. The highest BCUT2D eigenvalue weighted by Gasteiger charge is 2.10. The van der Waals surface area contributed by atoms with Gasteiger partial charge in [-0.05, 0) is 53.2 Å². The number of anilines is 2. The minimum absolute atomic E-state index is 0.265. The number of carbonyl (C=O) groups excluding carboxylic acids is 1. The standard InChI is InChI=1S/C13H12Br2N4O/c1-2-16-12-6-5-11(18-19-12)13(20)17-10-4-3-8(14)7-9(10)15/h3-7H,2H2,1H3,(H,16,19)(H,17,20). The predicted molar refractivity (Wildman–Crippen MR) is 86.0 cm³/mol. The average Bonchev–Trinajstić information content (AvgIpc) is 2.43. The van der Waals surface area contributed by atoms with Crippen molar-refractivity contribution in [1.29, 1.82) is 0 Å². The highest BCUT2D eigenvalue weighted by atomic mass is 79.9. The monoisotopic (exact) mass is 398 g/mol. The summed E-state index contributed by atoms with van der Waals surface area (Å²) in [4.78, 5) is 12.1. The Morgan fingerprint density at radius 1 is 1.20 bits per heavy atom. The van der Waals surface area contributed by atoms with Crippen LogP contribution in [0, 0.1) is 0 Å². The van der Waals surface area contributed by atoms with E-state index in [0.29, 0.717) is 11.5 Å². The molecule has 0 spiro atoms. The first-order valence-corrected chi connectivity index (χ1v) is 7.52. The summed E-state index contributed by atoms with van der Waals surface area (Å²) >= 11 is 6.75. The van der Waals surface area contributed by atoms with Crippen LogP contribution in [0.25, 0.3) is 0 Å². The lowest BCUT2D eigenvalue weighted by Gasteiger charge is -2.07. The smallest absolute Gasteiger partial charge is 0.276 e. The molecular formula is C13H12Br2N4O. The zero-order valence-electron chi connectivity index (χ0n) is 10.7. The second-order valence-corrected chi connectivity index (χ2v) is 5.68. The van der Waals surface area contributed by atoms with E-state index in [1.165, 1.54) is 0 Å². The molecule has 0 saturated carbocycles. The van der Waals surface area contributed by atoms with E-state index < -0.39 is 0 Å². The fourth-order valence-electron chi connectivity index (χ4n) is 1.51. The molecule has 2 N–H and O–H groups in total. The van der Waals surface area contributed by atoms with Crippen molar-refractivity contribution in [2.24, 2.45) is 0 Å². The Labute approximate surface area is 133 Å². The lowest BCUT2D eigenvalue weighted by Crippen LogP contribution is -2.15. The number of amides is 1. The third-order valence-corrected chi connectivity index (χ3v) is 3.58. The van der Waals surface area contributed by atoms with Gasteiger partial charge in [-0.25, -0.2) is 0 Å². The molecule has 2 aromatic rings. The van der Waals surface area contributed by atoms with E-state index in [9.17, 15) is 4.79 Å². The molecule has 20 heavy (non-hydrogen) atoms. The van der Waals surface area contributed by atoms with Crippen LogP contribution in [0.15, 0.2) is 39.3 Å². The molecule has 0 aliphatic rings. The van der Waals surface area contributed by atoms with Gasteiger partial charge in [0.15, 0.2) is 5.69 Å². The second-order valence-electron chi connectivity index (χ2n) is 3.91. The molecule has 1 aromatic heterocycles. The number of hydrogen-bond acceptors (Lipinski definition) is 4. The maximum absolute atomic E-state index is 12.1. The van der Waals surface area contributed by atoms with E-state index in [-0.39, 0.29) is 11.6 Å². The molecule has 0 radical (unpaired) electrons. The molecule has 1 aromatic carbocycles. The van der Waals surface area contributed by atoms with Crippen molar-refractivity contribution in [1.82, 2.24) is 10.2 Å². The molecule has 0 atom stereocenters. The van der Waals surface area contributed by atoms with Crippen LogP contribution >= 0.6 is 31.9 Å². The van der Waals surface area contributed by atoms with E-state index >= 15 is 0 Å². The van der Waals surface area contributed by atoms with Crippen LogP contribution in [0.1, 0.15) is 17.4 Å². The van der Waals surface area contributed by atoms with Crippen LogP contribution in [0.3, 0.4) is 0 Å². The molecule has 0 unspecified atom stereocenters. The molecular weight excluding hydrogens is 388 g/mol. The summed E-state index contributed by atoms with van der Waals surface area (Å²) in [6, 6.07) is 8.86. The van der Waals surface area contributed by atoms with Gasteiger partial charge in [0.25, 0.3) is 5.91 Å². The van der Waals surface area contributed by atoms with Crippen LogP contribution in [-0.2, 0) is 0 Å². The number of benzene rings is 1. The summed E-state index contributed by atoms with van der Waals surface area (Å²) in [6.45, 7) is 2.72. The van der Waals surface area contributed by atoms with Gasteiger partial charge in [-0.3, -0.25) is 4.79 Å². The third kappa shape index (κ3) is 3.77. The molecule has 7 heteroatoms. The summed E-state index contributed by atoms with van der Waals surface area (Å²) < 4.78 is 1.72. The van der Waals surface area contributed by atoms with Gasteiger partial charge in [0, 0.05) is 15.5 Å². The SMILES string of the molecule is CCNc1ccc(C(=O)Nc2ccc(Br)cc2Br)nn1. The molecule has 0 bridgehead atoms. The number of aromatic nitrogens is 2. The molecule has 1 amide bonds. The number of hydrogen-bond donors (Lipinski definition) is 2. The first-order chi connectivity index (χ1) is 9.60. The van der Waals surface area contributed by atoms with Crippen molar-refractivity contribution in [3.05, 3.63) is 45.0 Å². The van der Waals surface area contributed by atoms with Crippen LogP contribution in [-0.4, -0.2) is 22.6 Å². The van der Waals surface area contributed by atoms with Gasteiger partial charge in [0.1, 0.15) is 5.82 Å². The lowest BCUT2D eigenvalue weighted by atomic mass is 10.3. The number of carbonyl (C=O) groups is 1. The molecule has 0 fully saturated rings. The minimum atomic E-state index is -0.302. The van der Waals surface area contributed by atoms with E-state index in [2.05, 4.69) is 52.7 Å². The highest BCUT2D eigenvalue weighted by molar-refractivity contribution is 9.11. The molecule has 5 nitrogen and oxygen atoms in total. The first-order valence-electron chi connectivity index (χ1n) is 5.94. The van der Waals surface area contributed by atoms with E-state index in [1.54, 1.807) is 18.2 Å². The Balaban J connectivity index is 2.11. The van der Waals surface area contributed by atoms with Crippen molar-refractivity contribution in [3.63, 3.8) is 0 Å². The van der Waals surface area contributed by atoms with Crippen molar-refractivity contribution < 1.29 is 4.79 Å². The maximum atomic E-state index is 12.1. The van der Waals surface area contributed by atoms with Gasteiger partial charge in [0.05, 0.1) is 5.69 Å². The molecule has 0 saturated heterocycles. The van der Waals surface area contributed by atoms with Gasteiger partial charge >= 0.3 is 0 Å². The normalized spacial score (nSPS) is 10.2. The Morgan fingerprint density at radius 3 is 2.60 bits per heavy atom. The fraction of sp³-hybridized carbons (Fsp3) is 0.154. The lowest BCUT2D eigenvalue weighted by molar-refractivity contribution is 0.102. The van der Waals surface area contributed by atoms with Gasteiger partial charge in [-0.2, -0.15) is 0 Å². The van der Waals surface area contributed by atoms with Crippen LogP contribution in [0.4, 0.5) is 11.5 Å². The van der Waals surface area contributed by atoms with Crippen molar-refractivity contribution in [2.45, 2.75) is 6.92 Å². The summed E-state index contributed by atoms with van der Waals surface area (Å²) in [5, 5.41) is 13.6. The van der Waals surface area contributed by atoms with Crippen molar-refractivity contribution in [2.75, 3.05) is 17.2 Å². The largest absolute Gasteiger partial charge is 0.369 e. The van der Waals surface area contributed by atoms with E-state index in [1.807, 2.05) is 19.1 Å². The quantitative estimate of drug-likeness (QED) is 0.822. The van der Waals surface area contributed by atoms with Crippen molar-refractivity contribution >= 4 is 49.3 Å². The second kappa shape index (κ2) is 6.81. The number of nitrogens with zero attached hydrogens (tertiary/aromatic N) is 2. The van der Waals surface area contributed by atoms with E-state index in [0.717, 1.165) is 15.5 Å². The maximum Gasteiger partial charge on any atom is 0.276 e. The topological polar surface area (TPSA) is 66.9 Å². The molecule has 104 valence electrons. The molecule has 1 heterocycles. The third-order valence-electron chi connectivity index (χ3n) is 2.43. The van der Waals surface area contributed by atoms with Crippen LogP contribution < -0.4 is 10.6 Å². The molecule has 0 aliphatic carbocycles. The predicted octanol–water partition coefficient (Wildman–Crippen LogP) is 3.69. The van der Waals surface area contributed by atoms with Crippen LogP contribution in [0.5, 0.6) is 0 Å². The molecule has 0 aliphatic heterocycles. The van der Waals surface area contributed by atoms with Gasteiger partial charge in [0.2, 0.25) is 0 Å². The Bertz CT molecular complexity index is 616. The number of halogens is 2. The Kier molecular flexibility index (Phi) is 5.08.